The average Bonchev–Trinajstić information content (AvgIpc) is 3.89. The van der Waals surface area contributed by atoms with Gasteiger partial charge in [0.25, 0.3) is 0 Å². The topological polar surface area (TPSA) is 64.1 Å². The molecule has 4 aromatic heterocycles. The Bertz CT molecular complexity index is 3520. The van der Waals surface area contributed by atoms with Gasteiger partial charge in [-0.3, -0.25) is 14.0 Å². The Morgan fingerprint density at radius 1 is 0.508 bits per heavy atom. The fraction of sp³-hybridized carbons (Fsp3) is 0.107. The van der Waals surface area contributed by atoms with Crippen molar-refractivity contribution in [2.45, 2.75) is 40.0 Å². The quantitative estimate of drug-likeness (QED) is 0.160. The smallest absolute Gasteiger partial charge is 0.235 e. The van der Waals surface area contributed by atoms with Crippen LogP contribution in [-0.2, 0) is 5.41 Å². The number of benzene rings is 7. The van der Waals surface area contributed by atoms with Crippen molar-refractivity contribution in [3.8, 4) is 39.5 Å². The summed E-state index contributed by atoms with van der Waals surface area (Å²) in [6.07, 6.45) is 3.80. The van der Waals surface area contributed by atoms with Gasteiger partial charge >= 0.3 is 0 Å². The number of para-hydroxylation sites is 4. The Morgan fingerprint density at radius 2 is 1.17 bits per heavy atom. The predicted octanol–water partition coefficient (Wildman–Crippen LogP) is 14.2. The molecule has 0 N–H and O–H groups in total. The molecule has 7 aromatic carbocycles. The van der Waals surface area contributed by atoms with Crippen molar-refractivity contribution in [2.24, 2.45) is 0 Å². The van der Waals surface area contributed by atoms with E-state index in [4.69, 9.17) is 19.9 Å². The van der Waals surface area contributed by atoms with Crippen molar-refractivity contribution in [1.29, 1.82) is 0 Å². The van der Waals surface area contributed by atoms with E-state index in [0.29, 0.717) is 5.78 Å². The molecule has 0 atom stereocenters. The molecule has 0 amide bonds. The molecule has 0 aliphatic carbocycles. The lowest BCUT2D eigenvalue weighted by Gasteiger charge is -2.29. The molecule has 0 saturated carbocycles. The van der Waals surface area contributed by atoms with Gasteiger partial charge in [0.15, 0.2) is 0 Å². The fourth-order valence-corrected chi connectivity index (χ4v) is 9.04. The third kappa shape index (κ3) is 6.61. The van der Waals surface area contributed by atoms with Crippen LogP contribution in [0.2, 0.25) is 0 Å². The summed E-state index contributed by atoms with van der Waals surface area (Å²) >= 11 is 0. The largest absolute Gasteiger partial charge is 0.310 e. The van der Waals surface area contributed by atoms with Crippen molar-refractivity contribution in [3.05, 3.63) is 199 Å². The summed E-state index contributed by atoms with van der Waals surface area (Å²) in [6, 6.07) is 60.3. The molecule has 0 spiro atoms. The maximum Gasteiger partial charge on any atom is 0.235 e. The summed E-state index contributed by atoms with van der Waals surface area (Å²) in [4.78, 5) is 22.4. The minimum atomic E-state index is 0.0132. The normalized spacial score (nSPS) is 11.9. The zero-order chi connectivity index (χ0) is 42.8. The molecule has 7 heteroatoms. The number of hydrogen-bond donors (Lipinski definition) is 0. The number of imidazole rings is 2. The van der Waals surface area contributed by atoms with Gasteiger partial charge in [-0.05, 0) is 102 Å². The number of hydrogen-bond acceptors (Lipinski definition) is 5. The first-order valence-electron chi connectivity index (χ1n) is 21.5. The number of anilines is 3. The monoisotopic (exact) mass is 815 g/mol. The highest BCUT2D eigenvalue weighted by molar-refractivity contribution is 5.92. The molecule has 0 unspecified atom stereocenters. The maximum absolute atomic E-state index is 5.33. The molecule has 4 heterocycles. The Kier molecular flexibility index (Phi) is 9.01. The molecule has 0 bridgehead atoms. The molecule has 7 nitrogen and oxygen atoms in total. The second-order valence-corrected chi connectivity index (χ2v) is 17.4. The van der Waals surface area contributed by atoms with E-state index in [1.54, 1.807) is 0 Å². The van der Waals surface area contributed by atoms with Crippen molar-refractivity contribution in [1.82, 2.24) is 28.9 Å². The third-order valence-electron chi connectivity index (χ3n) is 12.2. The van der Waals surface area contributed by atoms with Gasteiger partial charge < -0.3 is 4.90 Å². The second kappa shape index (κ2) is 14.9. The molecule has 0 fully saturated rings. The molecule has 0 aliphatic heterocycles. The summed E-state index contributed by atoms with van der Waals surface area (Å²) in [5, 5.41) is 0.952. The highest BCUT2D eigenvalue weighted by atomic mass is 15.2. The highest BCUT2D eigenvalue weighted by Crippen LogP contribution is 2.42. The van der Waals surface area contributed by atoms with Gasteiger partial charge in [0.1, 0.15) is 5.82 Å². The van der Waals surface area contributed by atoms with Gasteiger partial charge in [0.2, 0.25) is 5.78 Å². The lowest BCUT2D eigenvalue weighted by atomic mass is 9.87. The SMILES string of the molecule is Cc1cccc(C)c1N(c1cccc(-c2cc3c(cn2)cnc2nc4cc(C(C)(C)C)ccc4n23)c1)c1cccc(-c2nc3ccccc3n2-c2ccccc2-c2ccccc2)c1. The minimum absolute atomic E-state index is 0.0132. The fourth-order valence-electron chi connectivity index (χ4n) is 9.04. The third-order valence-corrected chi connectivity index (χ3v) is 12.2. The maximum atomic E-state index is 5.33. The molecule has 11 aromatic rings. The first-order valence-corrected chi connectivity index (χ1v) is 21.5. The van der Waals surface area contributed by atoms with Gasteiger partial charge in [-0.15, -0.1) is 0 Å². The van der Waals surface area contributed by atoms with Gasteiger partial charge in [0.05, 0.1) is 44.7 Å². The van der Waals surface area contributed by atoms with E-state index in [1.807, 2.05) is 12.4 Å². The Hall–Kier alpha value is -7.90. The van der Waals surface area contributed by atoms with Gasteiger partial charge in [-0.2, -0.15) is 0 Å². The van der Waals surface area contributed by atoms with Gasteiger partial charge in [-0.25, -0.2) is 15.0 Å². The number of rotatable bonds is 7. The number of aryl methyl sites for hydroxylation is 2. The van der Waals surface area contributed by atoms with E-state index in [2.05, 4.69) is 218 Å². The van der Waals surface area contributed by atoms with Crippen LogP contribution in [0.3, 0.4) is 0 Å². The Labute approximate surface area is 366 Å². The second-order valence-electron chi connectivity index (χ2n) is 17.4. The summed E-state index contributed by atoms with van der Waals surface area (Å²) in [7, 11) is 0. The highest BCUT2D eigenvalue weighted by Gasteiger charge is 2.22. The van der Waals surface area contributed by atoms with Crippen LogP contribution in [0.1, 0.15) is 37.5 Å². The standard InChI is InChI=1S/C56H45N7/c1-36-16-13-17-37(2)53(36)61(43-22-14-20-39(30-43)47-33-52-41(34-57-47)35-58-55-60-48-32-42(56(3,4)5)28-29-51(48)63(52)55)44-23-15-21-40(31-44)54-59-46-25-10-12-27-50(46)62(54)49-26-11-9-24-45(49)38-18-7-6-8-19-38/h6-35H,1-5H3. The zero-order valence-electron chi connectivity index (χ0n) is 36.0. The van der Waals surface area contributed by atoms with Crippen molar-refractivity contribution < 1.29 is 0 Å². The number of fused-ring (bicyclic) bond motifs is 6. The van der Waals surface area contributed by atoms with Crippen molar-refractivity contribution >= 4 is 55.8 Å². The van der Waals surface area contributed by atoms with Crippen LogP contribution in [0.25, 0.3) is 78.2 Å². The zero-order valence-corrected chi connectivity index (χ0v) is 36.0. The molecule has 304 valence electrons. The number of aromatic nitrogens is 6. The van der Waals surface area contributed by atoms with E-state index < -0.39 is 0 Å². The van der Waals surface area contributed by atoms with Crippen molar-refractivity contribution in [2.75, 3.05) is 4.90 Å². The molecule has 0 aliphatic rings. The van der Waals surface area contributed by atoms with Crippen LogP contribution >= 0.6 is 0 Å². The summed E-state index contributed by atoms with van der Waals surface area (Å²) < 4.78 is 4.47. The predicted molar refractivity (Wildman–Crippen MR) is 260 cm³/mol. The molecule has 11 rings (SSSR count). The van der Waals surface area contributed by atoms with E-state index in [9.17, 15) is 0 Å². The average molecular weight is 816 g/mol. The lowest BCUT2D eigenvalue weighted by Crippen LogP contribution is -2.13. The summed E-state index contributed by atoms with van der Waals surface area (Å²) in [5.74, 6) is 1.55. The lowest BCUT2D eigenvalue weighted by molar-refractivity contribution is 0.591. The van der Waals surface area contributed by atoms with Crippen LogP contribution in [-0.4, -0.2) is 28.9 Å². The van der Waals surface area contributed by atoms with E-state index >= 15 is 0 Å². The molecule has 63 heavy (non-hydrogen) atoms. The van der Waals surface area contributed by atoms with Crippen LogP contribution < -0.4 is 4.90 Å². The minimum Gasteiger partial charge on any atom is -0.310 e. The molecular weight excluding hydrogens is 771 g/mol. The summed E-state index contributed by atoms with van der Waals surface area (Å²) in [5.41, 5.74) is 18.0. The van der Waals surface area contributed by atoms with E-state index in [1.165, 1.54) is 16.7 Å². The van der Waals surface area contributed by atoms with Crippen LogP contribution in [0.5, 0.6) is 0 Å². The Morgan fingerprint density at radius 3 is 1.97 bits per heavy atom. The number of nitrogens with zero attached hydrogens (tertiary/aromatic N) is 7. The van der Waals surface area contributed by atoms with Crippen LogP contribution in [0.4, 0.5) is 17.1 Å². The molecular formula is C56H45N7. The van der Waals surface area contributed by atoms with Gasteiger partial charge in [0, 0.05) is 45.8 Å². The van der Waals surface area contributed by atoms with Crippen LogP contribution in [0.15, 0.2) is 182 Å². The van der Waals surface area contributed by atoms with E-state index in [0.717, 1.165) is 89.5 Å². The van der Waals surface area contributed by atoms with Crippen molar-refractivity contribution in [3.63, 3.8) is 0 Å². The van der Waals surface area contributed by atoms with Crippen LogP contribution in [0, 0.1) is 13.8 Å². The first-order chi connectivity index (χ1) is 30.7. The molecule has 0 radical (unpaired) electrons. The van der Waals surface area contributed by atoms with E-state index in [-0.39, 0.29) is 5.41 Å². The summed E-state index contributed by atoms with van der Waals surface area (Å²) in [6.45, 7) is 11.1. The Balaban J connectivity index is 1.06. The number of pyridine rings is 1. The van der Waals surface area contributed by atoms with Gasteiger partial charge in [-0.1, -0.05) is 130 Å². The first kappa shape index (κ1) is 38.1. The molecule has 0 saturated heterocycles.